The minimum atomic E-state index is -4.59. The minimum Gasteiger partial charge on any atom is -0.508 e. The third-order valence-electron chi connectivity index (χ3n) is 5.95. The second kappa shape index (κ2) is 10.5. The largest absolute Gasteiger partial charge is 0.508 e. The summed E-state index contributed by atoms with van der Waals surface area (Å²) in [6.07, 6.45) is -4.59. The molecule has 1 amide bonds. The van der Waals surface area contributed by atoms with Gasteiger partial charge >= 0.3 is 6.18 Å². The van der Waals surface area contributed by atoms with Crippen molar-refractivity contribution in [3.8, 4) is 17.2 Å². The molecule has 1 saturated heterocycles. The molecule has 0 saturated carbocycles. The molecule has 0 bridgehead atoms. The van der Waals surface area contributed by atoms with Crippen LogP contribution in [-0.2, 0) is 15.8 Å². The van der Waals surface area contributed by atoms with Crippen LogP contribution in [0.25, 0.3) is 5.76 Å². The van der Waals surface area contributed by atoms with Gasteiger partial charge < -0.3 is 19.7 Å². The second-order valence-electron chi connectivity index (χ2n) is 8.33. The number of aliphatic hydroxyl groups is 1. The topological polar surface area (TPSA) is 96.3 Å². The highest BCUT2D eigenvalue weighted by molar-refractivity contribution is 6.51. The highest BCUT2D eigenvalue weighted by Crippen LogP contribution is 2.44. The molecule has 1 aliphatic heterocycles. The number of halogens is 3. The van der Waals surface area contributed by atoms with Crippen molar-refractivity contribution in [1.82, 2.24) is 0 Å². The highest BCUT2D eigenvalue weighted by atomic mass is 19.4. The Labute approximate surface area is 216 Å². The van der Waals surface area contributed by atoms with Gasteiger partial charge in [-0.2, -0.15) is 13.2 Å². The first-order chi connectivity index (χ1) is 18.1. The van der Waals surface area contributed by atoms with Gasteiger partial charge in [-0.05, 0) is 67.9 Å². The number of Topliss-reactive ketones (excluding diaryl/α,β-unsaturated/α-hetero) is 1. The lowest BCUT2D eigenvalue weighted by molar-refractivity contribution is -0.137. The van der Waals surface area contributed by atoms with Crippen LogP contribution in [0.2, 0.25) is 0 Å². The number of ketones is 1. The fraction of sp³-hybridized carbons (Fsp3) is 0.214. The molecule has 198 valence electrons. The smallest absolute Gasteiger partial charge is 0.416 e. The molecular weight excluding hydrogens is 503 g/mol. The van der Waals surface area contributed by atoms with Gasteiger partial charge in [-0.25, -0.2) is 0 Å². The molecule has 1 fully saturated rings. The molecule has 38 heavy (non-hydrogen) atoms. The first-order valence-corrected chi connectivity index (χ1v) is 11.7. The van der Waals surface area contributed by atoms with E-state index in [9.17, 15) is 33.0 Å². The SMILES string of the molecule is CCOc1ccc(/C(O)=C2/C(=O)C(=O)N(c3ccc(C(F)(F)F)cc3)C2c2ccc(O)cc2)c(OCC)c1. The number of aromatic hydroxyl groups is 1. The summed E-state index contributed by atoms with van der Waals surface area (Å²) in [6.45, 7) is 4.15. The van der Waals surface area contributed by atoms with Crippen LogP contribution in [0.15, 0.2) is 72.3 Å². The number of carbonyl (C=O) groups excluding carboxylic acids is 2. The molecule has 7 nitrogen and oxygen atoms in total. The van der Waals surface area contributed by atoms with Crippen LogP contribution < -0.4 is 14.4 Å². The van der Waals surface area contributed by atoms with E-state index in [0.717, 1.165) is 29.2 Å². The first-order valence-electron chi connectivity index (χ1n) is 11.7. The van der Waals surface area contributed by atoms with Crippen molar-refractivity contribution in [3.63, 3.8) is 0 Å². The fourth-order valence-electron chi connectivity index (χ4n) is 4.26. The predicted octanol–water partition coefficient (Wildman–Crippen LogP) is 5.83. The van der Waals surface area contributed by atoms with Gasteiger partial charge in [0, 0.05) is 11.8 Å². The van der Waals surface area contributed by atoms with Crippen molar-refractivity contribution in [2.75, 3.05) is 18.1 Å². The van der Waals surface area contributed by atoms with Crippen molar-refractivity contribution in [1.29, 1.82) is 0 Å². The molecule has 1 aliphatic rings. The van der Waals surface area contributed by atoms with Crippen molar-refractivity contribution in [3.05, 3.63) is 89.0 Å². The summed E-state index contributed by atoms with van der Waals surface area (Å²) in [5.41, 5.74) is -0.716. The number of carbonyl (C=O) groups is 2. The number of benzene rings is 3. The number of hydrogen-bond acceptors (Lipinski definition) is 6. The number of rotatable bonds is 7. The van der Waals surface area contributed by atoms with Crippen LogP contribution in [0.5, 0.6) is 17.2 Å². The predicted molar refractivity (Wildman–Crippen MR) is 133 cm³/mol. The van der Waals surface area contributed by atoms with Crippen molar-refractivity contribution >= 4 is 23.1 Å². The Bertz CT molecular complexity index is 1380. The Hall–Kier alpha value is -4.47. The lowest BCUT2D eigenvalue weighted by Gasteiger charge is -2.26. The monoisotopic (exact) mass is 527 g/mol. The van der Waals surface area contributed by atoms with Crippen LogP contribution in [0.4, 0.5) is 18.9 Å². The van der Waals surface area contributed by atoms with E-state index in [1.165, 1.54) is 30.3 Å². The van der Waals surface area contributed by atoms with Gasteiger partial charge in [0.05, 0.1) is 36.0 Å². The van der Waals surface area contributed by atoms with E-state index in [0.29, 0.717) is 17.9 Å². The van der Waals surface area contributed by atoms with E-state index < -0.39 is 35.2 Å². The van der Waals surface area contributed by atoms with E-state index in [-0.39, 0.29) is 34.9 Å². The lowest BCUT2D eigenvalue weighted by Crippen LogP contribution is -2.29. The minimum absolute atomic E-state index is 0.0222. The van der Waals surface area contributed by atoms with Crippen molar-refractivity contribution in [2.45, 2.75) is 26.1 Å². The molecule has 2 N–H and O–H groups in total. The Morgan fingerprint density at radius 2 is 1.55 bits per heavy atom. The third kappa shape index (κ3) is 5.02. The molecular formula is C28H24F3NO6. The molecule has 0 aromatic heterocycles. The Morgan fingerprint density at radius 1 is 0.921 bits per heavy atom. The zero-order chi connectivity index (χ0) is 27.6. The number of aliphatic hydroxyl groups excluding tert-OH is 1. The van der Waals surface area contributed by atoms with Gasteiger partial charge in [-0.15, -0.1) is 0 Å². The summed E-state index contributed by atoms with van der Waals surface area (Å²) in [4.78, 5) is 27.6. The number of hydrogen-bond donors (Lipinski definition) is 2. The zero-order valence-electron chi connectivity index (χ0n) is 20.5. The quantitative estimate of drug-likeness (QED) is 0.228. The van der Waals surface area contributed by atoms with Gasteiger partial charge in [0.15, 0.2) is 0 Å². The average Bonchev–Trinajstić information content (AvgIpc) is 3.14. The van der Waals surface area contributed by atoms with Crippen LogP contribution in [-0.4, -0.2) is 35.1 Å². The Balaban J connectivity index is 1.91. The van der Waals surface area contributed by atoms with Gasteiger partial charge in [-0.1, -0.05) is 12.1 Å². The number of anilines is 1. The number of ether oxygens (including phenoxy) is 2. The number of alkyl halides is 3. The molecule has 1 heterocycles. The first kappa shape index (κ1) is 26.6. The van der Waals surface area contributed by atoms with E-state index in [2.05, 4.69) is 0 Å². The average molecular weight is 527 g/mol. The summed E-state index contributed by atoms with van der Waals surface area (Å²) in [6, 6.07) is 12.8. The maximum atomic E-state index is 13.3. The van der Waals surface area contributed by atoms with Crippen molar-refractivity contribution in [2.24, 2.45) is 0 Å². The third-order valence-corrected chi connectivity index (χ3v) is 5.95. The molecule has 0 radical (unpaired) electrons. The van der Waals surface area contributed by atoms with Crippen LogP contribution in [0.1, 0.15) is 36.6 Å². The van der Waals surface area contributed by atoms with E-state index in [1.807, 2.05) is 0 Å². The van der Waals surface area contributed by atoms with Gasteiger partial charge in [0.1, 0.15) is 23.0 Å². The van der Waals surface area contributed by atoms with E-state index in [4.69, 9.17) is 9.47 Å². The van der Waals surface area contributed by atoms with E-state index in [1.54, 1.807) is 26.0 Å². The molecule has 0 spiro atoms. The number of phenolic OH excluding ortho intramolecular Hbond substituents is 1. The Morgan fingerprint density at radius 3 is 2.13 bits per heavy atom. The summed E-state index contributed by atoms with van der Waals surface area (Å²) >= 11 is 0. The summed E-state index contributed by atoms with van der Waals surface area (Å²) in [5, 5.41) is 21.2. The summed E-state index contributed by atoms with van der Waals surface area (Å²) in [5.74, 6) is -1.99. The second-order valence-corrected chi connectivity index (χ2v) is 8.33. The molecule has 3 aromatic rings. The number of phenols is 1. The molecule has 1 atom stereocenters. The highest BCUT2D eigenvalue weighted by Gasteiger charge is 2.47. The fourth-order valence-corrected chi connectivity index (χ4v) is 4.26. The van der Waals surface area contributed by atoms with Crippen LogP contribution in [0.3, 0.4) is 0 Å². The van der Waals surface area contributed by atoms with Crippen LogP contribution >= 0.6 is 0 Å². The maximum Gasteiger partial charge on any atom is 0.416 e. The molecule has 4 rings (SSSR count). The summed E-state index contributed by atoms with van der Waals surface area (Å²) in [7, 11) is 0. The molecule has 0 aliphatic carbocycles. The van der Waals surface area contributed by atoms with E-state index >= 15 is 0 Å². The normalized spacial score (nSPS) is 17.1. The van der Waals surface area contributed by atoms with Gasteiger partial charge in [0.2, 0.25) is 0 Å². The Kier molecular flexibility index (Phi) is 7.34. The molecule has 3 aromatic carbocycles. The standard InChI is InChI=1S/C28H24F3NO6/c1-3-37-20-13-14-21(22(15-20)38-4-2)25(34)23-24(16-5-11-19(33)12-6-16)32(27(36)26(23)35)18-9-7-17(8-10-18)28(29,30)31/h5-15,24,33-34H,3-4H2,1-2H3/b25-23-. The lowest BCUT2D eigenvalue weighted by atomic mass is 9.94. The number of nitrogens with zero attached hydrogens (tertiary/aromatic N) is 1. The number of amides is 1. The van der Waals surface area contributed by atoms with Gasteiger partial charge in [0.25, 0.3) is 11.7 Å². The molecule has 1 unspecified atom stereocenters. The maximum absolute atomic E-state index is 13.3. The molecule has 10 heteroatoms. The zero-order valence-corrected chi connectivity index (χ0v) is 20.5. The summed E-state index contributed by atoms with van der Waals surface area (Å²) < 4.78 is 50.5. The van der Waals surface area contributed by atoms with Crippen LogP contribution in [0, 0.1) is 0 Å². The van der Waals surface area contributed by atoms with Crippen molar-refractivity contribution < 1.29 is 42.4 Å². The van der Waals surface area contributed by atoms with Gasteiger partial charge in [-0.3, -0.25) is 14.5 Å².